The molecule has 2 nitrogen and oxygen atoms in total. The standard InChI is InChI=1S/C18H32O2/c1-3-5-7-8-9-10-11-12-13-15-17-20-18(19)16-14-6-4-2/h4,6,14,16H,3,5,7-13,15,17H2,1-2H3. The van der Waals surface area contributed by atoms with Crippen molar-refractivity contribution < 1.29 is 9.53 Å². The highest BCUT2D eigenvalue weighted by molar-refractivity contribution is 5.82. The molecule has 20 heavy (non-hydrogen) atoms. The average molecular weight is 280 g/mol. The third-order valence-corrected chi connectivity index (χ3v) is 3.28. The highest BCUT2D eigenvalue weighted by atomic mass is 16.5. The third-order valence-electron chi connectivity index (χ3n) is 3.28. The van der Waals surface area contributed by atoms with Gasteiger partial charge in [0.1, 0.15) is 0 Å². The summed E-state index contributed by atoms with van der Waals surface area (Å²) >= 11 is 0. The summed E-state index contributed by atoms with van der Waals surface area (Å²) in [5, 5.41) is 0. The fraction of sp³-hybridized carbons (Fsp3) is 0.722. The third kappa shape index (κ3) is 15.0. The minimum absolute atomic E-state index is 0.237. The second-order valence-corrected chi connectivity index (χ2v) is 5.23. The molecule has 0 aromatic rings. The molecule has 0 aliphatic rings. The fourth-order valence-electron chi connectivity index (χ4n) is 2.06. The largest absolute Gasteiger partial charge is 0.463 e. The summed E-state index contributed by atoms with van der Waals surface area (Å²) in [5.41, 5.74) is 0. The lowest BCUT2D eigenvalue weighted by molar-refractivity contribution is -0.137. The summed E-state index contributed by atoms with van der Waals surface area (Å²) in [7, 11) is 0. The lowest BCUT2D eigenvalue weighted by atomic mass is 10.1. The van der Waals surface area contributed by atoms with E-state index >= 15 is 0 Å². The second-order valence-electron chi connectivity index (χ2n) is 5.23. The molecule has 0 rings (SSSR count). The van der Waals surface area contributed by atoms with E-state index in [1.54, 1.807) is 6.08 Å². The predicted molar refractivity (Wildman–Crippen MR) is 86.8 cm³/mol. The van der Waals surface area contributed by atoms with E-state index in [9.17, 15) is 4.79 Å². The van der Waals surface area contributed by atoms with Crippen molar-refractivity contribution >= 4 is 5.97 Å². The van der Waals surface area contributed by atoms with Crippen LogP contribution in [0.15, 0.2) is 24.3 Å². The Morgan fingerprint density at radius 1 is 0.850 bits per heavy atom. The van der Waals surface area contributed by atoms with Crippen molar-refractivity contribution in [2.24, 2.45) is 0 Å². The van der Waals surface area contributed by atoms with Crippen LogP contribution in [0.5, 0.6) is 0 Å². The van der Waals surface area contributed by atoms with Crippen LogP contribution in [0.25, 0.3) is 0 Å². The van der Waals surface area contributed by atoms with Crippen LogP contribution in [-0.2, 0) is 9.53 Å². The van der Waals surface area contributed by atoms with E-state index in [2.05, 4.69) is 6.92 Å². The lowest BCUT2D eigenvalue weighted by Crippen LogP contribution is -2.02. The van der Waals surface area contributed by atoms with Crippen molar-refractivity contribution in [2.75, 3.05) is 6.61 Å². The Balaban J connectivity index is 3.18. The highest BCUT2D eigenvalue weighted by Crippen LogP contribution is 2.10. The molecule has 116 valence electrons. The molecule has 0 amide bonds. The van der Waals surface area contributed by atoms with Crippen LogP contribution in [0.4, 0.5) is 0 Å². The molecule has 0 spiro atoms. The van der Waals surface area contributed by atoms with Crippen molar-refractivity contribution in [2.45, 2.75) is 78.1 Å². The van der Waals surface area contributed by atoms with E-state index < -0.39 is 0 Å². The summed E-state index contributed by atoms with van der Waals surface area (Å²) in [5.74, 6) is -0.237. The monoisotopic (exact) mass is 280 g/mol. The van der Waals surface area contributed by atoms with E-state index in [0.29, 0.717) is 6.61 Å². The van der Waals surface area contributed by atoms with E-state index in [4.69, 9.17) is 4.74 Å². The molecule has 0 unspecified atom stereocenters. The summed E-state index contributed by atoms with van der Waals surface area (Å²) in [6.45, 7) is 4.72. The molecule has 0 aliphatic carbocycles. The zero-order chi connectivity index (χ0) is 14.9. The summed E-state index contributed by atoms with van der Waals surface area (Å²) in [6.07, 6.45) is 19.8. The van der Waals surface area contributed by atoms with E-state index in [1.165, 1.54) is 63.9 Å². The maximum atomic E-state index is 11.2. The van der Waals surface area contributed by atoms with Gasteiger partial charge in [0.05, 0.1) is 6.61 Å². The van der Waals surface area contributed by atoms with Crippen LogP contribution in [0, 0.1) is 0 Å². The Hall–Kier alpha value is -1.05. The van der Waals surface area contributed by atoms with Gasteiger partial charge in [-0.15, -0.1) is 0 Å². The number of hydrogen-bond acceptors (Lipinski definition) is 2. The van der Waals surface area contributed by atoms with Gasteiger partial charge in [-0.2, -0.15) is 0 Å². The molecule has 0 fully saturated rings. The number of allylic oxidation sites excluding steroid dienone is 3. The molecule has 0 heterocycles. The van der Waals surface area contributed by atoms with Crippen molar-refractivity contribution in [3.05, 3.63) is 24.3 Å². The molecule has 0 radical (unpaired) electrons. The molecule has 0 aromatic carbocycles. The van der Waals surface area contributed by atoms with Gasteiger partial charge in [0.15, 0.2) is 0 Å². The predicted octanol–water partition coefficient (Wildman–Crippen LogP) is 5.58. The molecular weight excluding hydrogens is 248 g/mol. The maximum Gasteiger partial charge on any atom is 0.330 e. The van der Waals surface area contributed by atoms with E-state index in [0.717, 1.165) is 6.42 Å². The molecule has 0 saturated carbocycles. The summed E-state index contributed by atoms with van der Waals surface area (Å²) in [4.78, 5) is 11.2. The molecule has 2 heteroatoms. The van der Waals surface area contributed by atoms with Crippen LogP contribution in [-0.4, -0.2) is 12.6 Å². The Morgan fingerprint density at radius 2 is 1.40 bits per heavy atom. The van der Waals surface area contributed by atoms with Crippen LogP contribution in [0.2, 0.25) is 0 Å². The topological polar surface area (TPSA) is 26.3 Å². The van der Waals surface area contributed by atoms with Gasteiger partial charge in [-0.1, -0.05) is 82.9 Å². The zero-order valence-corrected chi connectivity index (χ0v) is 13.4. The first-order valence-corrected chi connectivity index (χ1v) is 8.27. The summed E-state index contributed by atoms with van der Waals surface area (Å²) < 4.78 is 5.10. The first-order valence-electron chi connectivity index (χ1n) is 8.27. The first kappa shape index (κ1) is 18.9. The first-order chi connectivity index (χ1) is 9.81. The minimum Gasteiger partial charge on any atom is -0.463 e. The number of esters is 1. The van der Waals surface area contributed by atoms with Crippen LogP contribution >= 0.6 is 0 Å². The highest BCUT2D eigenvalue weighted by Gasteiger charge is 1.96. The molecule has 0 N–H and O–H groups in total. The molecule has 0 aliphatic heterocycles. The number of carbonyl (C=O) groups is 1. The van der Waals surface area contributed by atoms with Crippen LogP contribution < -0.4 is 0 Å². The van der Waals surface area contributed by atoms with Gasteiger partial charge in [0.25, 0.3) is 0 Å². The quantitative estimate of drug-likeness (QED) is 0.190. The molecule has 0 atom stereocenters. The van der Waals surface area contributed by atoms with Gasteiger partial charge in [0, 0.05) is 6.08 Å². The Kier molecular flexibility index (Phi) is 15.2. The van der Waals surface area contributed by atoms with Crippen LogP contribution in [0.3, 0.4) is 0 Å². The number of rotatable bonds is 13. The van der Waals surface area contributed by atoms with Crippen LogP contribution in [0.1, 0.15) is 78.1 Å². The number of ether oxygens (including phenoxy) is 1. The molecular formula is C18H32O2. The number of carbonyl (C=O) groups excluding carboxylic acids is 1. The van der Waals surface area contributed by atoms with E-state index in [-0.39, 0.29) is 5.97 Å². The maximum absolute atomic E-state index is 11.2. The molecule has 0 saturated heterocycles. The Labute approximate surface area is 125 Å². The normalized spacial score (nSPS) is 11.5. The van der Waals surface area contributed by atoms with Gasteiger partial charge in [-0.25, -0.2) is 4.79 Å². The van der Waals surface area contributed by atoms with Crippen molar-refractivity contribution in [3.63, 3.8) is 0 Å². The van der Waals surface area contributed by atoms with Crippen molar-refractivity contribution in [1.29, 1.82) is 0 Å². The molecule has 0 aromatic heterocycles. The van der Waals surface area contributed by atoms with Gasteiger partial charge in [-0.05, 0) is 13.3 Å². The van der Waals surface area contributed by atoms with E-state index in [1.807, 2.05) is 19.1 Å². The Bertz CT molecular complexity index is 267. The second kappa shape index (κ2) is 16.0. The lowest BCUT2D eigenvalue weighted by Gasteiger charge is -2.03. The van der Waals surface area contributed by atoms with Gasteiger partial charge in [-0.3, -0.25) is 0 Å². The van der Waals surface area contributed by atoms with Crippen molar-refractivity contribution in [3.8, 4) is 0 Å². The van der Waals surface area contributed by atoms with Gasteiger partial charge < -0.3 is 4.74 Å². The summed E-state index contributed by atoms with van der Waals surface area (Å²) in [6, 6.07) is 0. The minimum atomic E-state index is -0.237. The average Bonchev–Trinajstić information content (AvgIpc) is 2.45. The zero-order valence-electron chi connectivity index (χ0n) is 13.4. The number of unbranched alkanes of at least 4 members (excludes halogenated alkanes) is 9. The smallest absolute Gasteiger partial charge is 0.330 e. The molecule has 0 bridgehead atoms. The fourth-order valence-corrected chi connectivity index (χ4v) is 2.06. The van der Waals surface area contributed by atoms with Crippen molar-refractivity contribution in [1.82, 2.24) is 0 Å². The number of hydrogen-bond donors (Lipinski definition) is 0. The SMILES string of the molecule is CC=CC=CC(=O)OCCCCCCCCCCCC. The van der Waals surface area contributed by atoms with Gasteiger partial charge in [0.2, 0.25) is 0 Å². The van der Waals surface area contributed by atoms with Gasteiger partial charge >= 0.3 is 5.97 Å². The Morgan fingerprint density at radius 3 is 1.95 bits per heavy atom.